The molecule has 1 atom stereocenters. The van der Waals surface area contributed by atoms with Gasteiger partial charge in [-0.15, -0.1) is 0 Å². The summed E-state index contributed by atoms with van der Waals surface area (Å²) in [6, 6.07) is 4.77. The molecule has 0 aliphatic carbocycles. The van der Waals surface area contributed by atoms with Crippen molar-refractivity contribution in [2.45, 2.75) is 25.9 Å². The predicted molar refractivity (Wildman–Crippen MR) is 78.8 cm³/mol. The van der Waals surface area contributed by atoms with Gasteiger partial charge in [-0.05, 0) is 37.5 Å². The first kappa shape index (κ1) is 15.3. The van der Waals surface area contributed by atoms with Gasteiger partial charge in [0.15, 0.2) is 0 Å². The van der Waals surface area contributed by atoms with Crippen LogP contribution >= 0.6 is 0 Å². The van der Waals surface area contributed by atoms with Gasteiger partial charge in [-0.2, -0.15) is 0 Å². The predicted octanol–water partition coefficient (Wildman–Crippen LogP) is 1.57. The van der Waals surface area contributed by atoms with Gasteiger partial charge in [0.1, 0.15) is 0 Å². The topological polar surface area (TPSA) is 81.1 Å². The molecule has 6 heteroatoms. The molecule has 1 aliphatic rings. The Bertz CT molecular complexity index is 557. The molecule has 114 valence electrons. The van der Waals surface area contributed by atoms with Crippen molar-refractivity contribution in [3.63, 3.8) is 0 Å². The van der Waals surface area contributed by atoms with Crippen molar-refractivity contribution in [1.82, 2.24) is 4.90 Å². The third kappa shape index (κ3) is 3.16. The van der Waals surface area contributed by atoms with E-state index in [0.29, 0.717) is 24.2 Å². The quantitative estimate of drug-likeness (QED) is 0.886. The molecule has 0 radical (unpaired) electrons. The number of aliphatic hydroxyl groups is 1. The third-order valence-corrected chi connectivity index (χ3v) is 3.58. The monoisotopic (exact) mass is 292 g/mol. The van der Waals surface area contributed by atoms with Crippen LogP contribution in [0.2, 0.25) is 0 Å². The van der Waals surface area contributed by atoms with Gasteiger partial charge in [0, 0.05) is 25.8 Å². The molecule has 0 aromatic heterocycles. The van der Waals surface area contributed by atoms with E-state index in [0.717, 1.165) is 6.42 Å². The second kappa shape index (κ2) is 6.13. The molecule has 21 heavy (non-hydrogen) atoms. The molecular formula is C15H20N2O4. The van der Waals surface area contributed by atoms with Crippen LogP contribution in [0.1, 0.15) is 29.3 Å². The zero-order valence-electron chi connectivity index (χ0n) is 12.2. The summed E-state index contributed by atoms with van der Waals surface area (Å²) in [5, 5.41) is 18.6. The molecule has 1 heterocycles. The van der Waals surface area contributed by atoms with E-state index < -0.39 is 12.1 Å². The van der Waals surface area contributed by atoms with Crippen LogP contribution in [0.5, 0.6) is 0 Å². The molecule has 1 aliphatic heterocycles. The number of nitrogens with zero attached hydrogens (tertiary/aromatic N) is 2. The van der Waals surface area contributed by atoms with Crippen LogP contribution in [0, 0.1) is 0 Å². The Balaban J connectivity index is 2.32. The minimum absolute atomic E-state index is 0.223. The summed E-state index contributed by atoms with van der Waals surface area (Å²) in [5.41, 5.74) is 1.61. The zero-order valence-corrected chi connectivity index (χ0v) is 12.2. The van der Waals surface area contributed by atoms with E-state index in [2.05, 4.69) is 0 Å². The van der Waals surface area contributed by atoms with Gasteiger partial charge in [0.25, 0.3) is 0 Å². The molecule has 0 saturated heterocycles. The minimum atomic E-state index is -0.974. The van der Waals surface area contributed by atoms with Crippen LogP contribution in [-0.4, -0.2) is 53.4 Å². The van der Waals surface area contributed by atoms with E-state index in [1.807, 2.05) is 0 Å². The Morgan fingerprint density at radius 2 is 2.14 bits per heavy atom. The second-order valence-electron chi connectivity index (χ2n) is 5.38. The number of hydrogen-bond acceptors (Lipinski definition) is 3. The highest BCUT2D eigenvalue weighted by Crippen LogP contribution is 2.30. The van der Waals surface area contributed by atoms with Crippen LogP contribution in [-0.2, 0) is 6.42 Å². The Morgan fingerprint density at radius 1 is 1.43 bits per heavy atom. The Labute approximate surface area is 123 Å². The number of amides is 2. The highest BCUT2D eigenvalue weighted by molar-refractivity contribution is 5.97. The number of benzene rings is 1. The number of carbonyl (C=O) groups is 2. The van der Waals surface area contributed by atoms with Crippen molar-refractivity contribution in [3.05, 3.63) is 29.3 Å². The number of carboxylic acid groups (broad SMARTS) is 1. The summed E-state index contributed by atoms with van der Waals surface area (Å²) in [7, 11) is 1.63. The Kier molecular flexibility index (Phi) is 4.47. The van der Waals surface area contributed by atoms with Gasteiger partial charge >= 0.3 is 12.0 Å². The van der Waals surface area contributed by atoms with Crippen LogP contribution < -0.4 is 4.90 Å². The number of rotatable bonds is 3. The first-order valence-electron chi connectivity index (χ1n) is 6.97. The van der Waals surface area contributed by atoms with E-state index in [-0.39, 0.29) is 18.1 Å². The largest absolute Gasteiger partial charge is 0.478 e. The number of hydrogen-bond donors (Lipinski definition) is 2. The van der Waals surface area contributed by atoms with Crippen molar-refractivity contribution in [2.75, 3.05) is 25.0 Å². The van der Waals surface area contributed by atoms with E-state index in [1.165, 1.54) is 4.90 Å². The SMILES string of the molecule is CC(O)CN(C)C(=O)N1CCCc2c(C(=O)O)cccc21. The van der Waals surface area contributed by atoms with E-state index in [1.54, 1.807) is 37.1 Å². The highest BCUT2D eigenvalue weighted by Gasteiger charge is 2.27. The first-order valence-corrected chi connectivity index (χ1v) is 6.97. The van der Waals surface area contributed by atoms with Crippen LogP contribution in [0.25, 0.3) is 0 Å². The number of aromatic carboxylic acids is 1. The zero-order chi connectivity index (χ0) is 15.6. The number of fused-ring (bicyclic) bond motifs is 1. The van der Waals surface area contributed by atoms with Crippen molar-refractivity contribution in [2.24, 2.45) is 0 Å². The normalized spacial score (nSPS) is 15.3. The minimum Gasteiger partial charge on any atom is -0.478 e. The average Bonchev–Trinajstić information content (AvgIpc) is 2.44. The van der Waals surface area contributed by atoms with Gasteiger partial charge in [-0.25, -0.2) is 9.59 Å². The molecule has 0 bridgehead atoms. The molecule has 0 fully saturated rings. The molecule has 1 aromatic rings. The van der Waals surface area contributed by atoms with Crippen molar-refractivity contribution >= 4 is 17.7 Å². The van der Waals surface area contributed by atoms with Gasteiger partial charge < -0.3 is 15.1 Å². The molecule has 6 nitrogen and oxygen atoms in total. The Morgan fingerprint density at radius 3 is 2.76 bits per heavy atom. The number of urea groups is 1. The summed E-state index contributed by atoms with van der Waals surface area (Å²) >= 11 is 0. The molecule has 1 aromatic carbocycles. The summed E-state index contributed by atoms with van der Waals surface area (Å²) in [5.74, 6) is -0.974. The van der Waals surface area contributed by atoms with Crippen molar-refractivity contribution in [1.29, 1.82) is 0 Å². The standard InChI is InChI=1S/C15H20N2O4/c1-10(18)9-16(2)15(21)17-8-4-6-11-12(14(19)20)5-3-7-13(11)17/h3,5,7,10,18H,4,6,8-9H2,1-2H3,(H,19,20). The molecule has 2 N–H and O–H groups in total. The van der Waals surface area contributed by atoms with Gasteiger partial charge in [0.05, 0.1) is 11.7 Å². The fourth-order valence-corrected chi connectivity index (χ4v) is 2.70. The third-order valence-electron chi connectivity index (χ3n) is 3.58. The highest BCUT2D eigenvalue weighted by atomic mass is 16.4. The molecular weight excluding hydrogens is 272 g/mol. The molecule has 1 unspecified atom stereocenters. The number of carboxylic acids is 1. The first-order chi connectivity index (χ1) is 9.91. The summed E-state index contributed by atoms with van der Waals surface area (Å²) in [4.78, 5) is 26.8. The lowest BCUT2D eigenvalue weighted by atomic mass is 9.96. The van der Waals surface area contributed by atoms with Crippen LogP contribution in [0.4, 0.5) is 10.5 Å². The lowest BCUT2D eigenvalue weighted by Gasteiger charge is -2.33. The van der Waals surface area contributed by atoms with Gasteiger partial charge in [0.2, 0.25) is 0 Å². The smallest absolute Gasteiger partial charge is 0.336 e. The lowest BCUT2D eigenvalue weighted by molar-refractivity contribution is 0.0695. The van der Waals surface area contributed by atoms with E-state index >= 15 is 0 Å². The van der Waals surface area contributed by atoms with Crippen molar-refractivity contribution < 1.29 is 19.8 Å². The number of likely N-dealkylation sites (N-methyl/N-ethyl adjacent to an activating group) is 1. The maximum Gasteiger partial charge on any atom is 0.336 e. The second-order valence-corrected chi connectivity index (χ2v) is 5.38. The summed E-state index contributed by atoms with van der Waals surface area (Å²) in [6.07, 6.45) is 0.779. The molecule has 2 amide bonds. The van der Waals surface area contributed by atoms with Crippen molar-refractivity contribution in [3.8, 4) is 0 Å². The number of anilines is 1. The molecule has 0 spiro atoms. The number of carbonyl (C=O) groups excluding carboxylic acids is 1. The van der Waals surface area contributed by atoms with Crippen LogP contribution in [0.15, 0.2) is 18.2 Å². The van der Waals surface area contributed by atoms with Crippen LogP contribution in [0.3, 0.4) is 0 Å². The van der Waals surface area contributed by atoms with E-state index in [4.69, 9.17) is 0 Å². The fraction of sp³-hybridized carbons (Fsp3) is 0.467. The van der Waals surface area contributed by atoms with Gasteiger partial charge in [-0.3, -0.25) is 4.90 Å². The maximum atomic E-state index is 12.5. The molecule has 0 saturated carbocycles. The Hall–Kier alpha value is -2.08. The van der Waals surface area contributed by atoms with Gasteiger partial charge in [-0.1, -0.05) is 6.07 Å². The fourth-order valence-electron chi connectivity index (χ4n) is 2.70. The maximum absolute atomic E-state index is 12.5. The summed E-state index contributed by atoms with van der Waals surface area (Å²) in [6.45, 7) is 2.42. The lowest BCUT2D eigenvalue weighted by Crippen LogP contribution is -2.46. The average molecular weight is 292 g/mol. The van der Waals surface area contributed by atoms with E-state index in [9.17, 15) is 19.8 Å². The summed E-state index contributed by atoms with van der Waals surface area (Å²) < 4.78 is 0. The molecule has 2 rings (SSSR count). The number of aliphatic hydroxyl groups excluding tert-OH is 1.